The molecule has 0 saturated carbocycles. The molecule has 0 bridgehead atoms. The van der Waals surface area contributed by atoms with Crippen LogP contribution in [0.15, 0.2) is 66.0 Å². The van der Waals surface area contributed by atoms with E-state index in [1.807, 2.05) is 11.4 Å². The first kappa shape index (κ1) is 16.4. The summed E-state index contributed by atoms with van der Waals surface area (Å²) in [7, 11) is 0. The largest absolute Gasteiger partial charge is 0.457 e. The van der Waals surface area contributed by atoms with E-state index in [0.29, 0.717) is 15.5 Å². The Balaban J connectivity index is 1.79. The van der Waals surface area contributed by atoms with Gasteiger partial charge in [-0.15, -0.1) is 11.3 Å². The first-order valence-electron chi connectivity index (χ1n) is 7.24. The molecule has 5 heteroatoms. The minimum atomic E-state index is -0.532. The SMILES string of the molecule is O=C(OCc1cccc(Cl)c1)c1ccccc1C(=O)c1cccs1. The van der Waals surface area contributed by atoms with E-state index in [-0.39, 0.29) is 18.0 Å². The lowest BCUT2D eigenvalue weighted by Crippen LogP contribution is -2.12. The molecule has 3 aromatic rings. The van der Waals surface area contributed by atoms with Crippen LogP contribution in [-0.2, 0) is 11.3 Å². The Morgan fingerprint density at radius 1 is 0.958 bits per heavy atom. The van der Waals surface area contributed by atoms with Crippen LogP contribution in [-0.4, -0.2) is 11.8 Å². The molecule has 1 heterocycles. The molecule has 120 valence electrons. The zero-order valence-electron chi connectivity index (χ0n) is 12.6. The van der Waals surface area contributed by atoms with Crippen molar-refractivity contribution in [2.75, 3.05) is 0 Å². The highest BCUT2D eigenvalue weighted by Gasteiger charge is 2.19. The Morgan fingerprint density at radius 2 is 1.75 bits per heavy atom. The molecule has 0 aliphatic carbocycles. The topological polar surface area (TPSA) is 43.4 Å². The molecular weight excluding hydrogens is 344 g/mol. The quantitative estimate of drug-likeness (QED) is 0.478. The number of ketones is 1. The van der Waals surface area contributed by atoms with E-state index in [2.05, 4.69) is 0 Å². The number of ether oxygens (including phenoxy) is 1. The van der Waals surface area contributed by atoms with E-state index < -0.39 is 5.97 Å². The lowest BCUT2D eigenvalue weighted by atomic mass is 10.0. The second kappa shape index (κ2) is 7.43. The van der Waals surface area contributed by atoms with Crippen LogP contribution in [0.1, 0.15) is 31.2 Å². The zero-order valence-corrected chi connectivity index (χ0v) is 14.1. The highest BCUT2D eigenvalue weighted by molar-refractivity contribution is 7.12. The molecule has 0 radical (unpaired) electrons. The molecule has 0 spiro atoms. The molecule has 2 aromatic carbocycles. The van der Waals surface area contributed by atoms with E-state index in [1.165, 1.54) is 11.3 Å². The van der Waals surface area contributed by atoms with Gasteiger partial charge in [-0.05, 0) is 35.2 Å². The van der Waals surface area contributed by atoms with Gasteiger partial charge in [0, 0.05) is 10.6 Å². The summed E-state index contributed by atoms with van der Waals surface area (Å²) in [6, 6.07) is 17.3. The van der Waals surface area contributed by atoms with Crippen LogP contribution in [0.2, 0.25) is 5.02 Å². The molecular formula is C19H13ClO3S. The number of carbonyl (C=O) groups is 2. The molecule has 0 unspecified atom stereocenters. The molecule has 3 rings (SSSR count). The van der Waals surface area contributed by atoms with Crippen molar-refractivity contribution in [3.63, 3.8) is 0 Å². The van der Waals surface area contributed by atoms with Crippen LogP contribution in [0.4, 0.5) is 0 Å². The second-order valence-corrected chi connectivity index (χ2v) is 6.44. The molecule has 0 amide bonds. The Kier molecular flexibility index (Phi) is 5.08. The van der Waals surface area contributed by atoms with Crippen LogP contribution in [0, 0.1) is 0 Å². The van der Waals surface area contributed by atoms with Crippen LogP contribution < -0.4 is 0 Å². The molecule has 0 fully saturated rings. The molecule has 0 N–H and O–H groups in total. The average Bonchev–Trinajstić information content (AvgIpc) is 3.14. The third kappa shape index (κ3) is 3.72. The van der Waals surface area contributed by atoms with Gasteiger partial charge in [-0.2, -0.15) is 0 Å². The summed E-state index contributed by atoms with van der Waals surface area (Å²) in [6.07, 6.45) is 0. The predicted octanol–water partition coefficient (Wildman–Crippen LogP) is 4.99. The first-order valence-corrected chi connectivity index (χ1v) is 8.50. The smallest absolute Gasteiger partial charge is 0.339 e. The summed E-state index contributed by atoms with van der Waals surface area (Å²) < 4.78 is 5.33. The number of esters is 1. The van der Waals surface area contributed by atoms with Crippen LogP contribution in [0.3, 0.4) is 0 Å². The summed E-state index contributed by atoms with van der Waals surface area (Å²) in [5.74, 6) is -0.712. The van der Waals surface area contributed by atoms with Crippen LogP contribution in [0.25, 0.3) is 0 Å². The maximum atomic E-state index is 12.5. The fraction of sp³-hybridized carbons (Fsp3) is 0.0526. The summed E-state index contributed by atoms with van der Waals surface area (Å²) in [5, 5.41) is 2.41. The Bertz CT molecular complexity index is 872. The van der Waals surface area contributed by atoms with Gasteiger partial charge >= 0.3 is 5.97 Å². The van der Waals surface area contributed by atoms with Gasteiger partial charge < -0.3 is 4.74 Å². The highest BCUT2D eigenvalue weighted by atomic mass is 35.5. The van der Waals surface area contributed by atoms with Crippen molar-refractivity contribution >= 4 is 34.7 Å². The third-order valence-corrected chi connectivity index (χ3v) is 4.50. The zero-order chi connectivity index (χ0) is 16.9. The van der Waals surface area contributed by atoms with Gasteiger partial charge in [0.25, 0.3) is 0 Å². The van der Waals surface area contributed by atoms with Gasteiger partial charge in [0.2, 0.25) is 5.78 Å². The normalized spacial score (nSPS) is 10.4. The van der Waals surface area contributed by atoms with Gasteiger partial charge in [-0.1, -0.05) is 48.0 Å². The van der Waals surface area contributed by atoms with Crippen molar-refractivity contribution < 1.29 is 14.3 Å². The molecule has 24 heavy (non-hydrogen) atoms. The first-order chi connectivity index (χ1) is 11.6. The summed E-state index contributed by atoms with van der Waals surface area (Å²) in [4.78, 5) is 25.5. The second-order valence-electron chi connectivity index (χ2n) is 5.06. The molecule has 1 aromatic heterocycles. The highest BCUT2D eigenvalue weighted by Crippen LogP contribution is 2.20. The van der Waals surface area contributed by atoms with Gasteiger partial charge in [0.1, 0.15) is 6.61 Å². The Labute approximate surface area is 148 Å². The number of carbonyl (C=O) groups excluding carboxylic acids is 2. The average molecular weight is 357 g/mol. The van der Waals surface area contributed by atoms with Crippen molar-refractivity contribution in [1.82, 2.24) is 0 Å². The fourth-order valence-corrected chi connectivity index (χ4v) is 3.14. The monoisotopic (exact) mass is 356 g/mol. The Morgan fingerprint density at radius 3 is 2.46 bits per heavy atom. The maximum Gasteiger partial charge on any atom is 0.339 e. The van der Waals surface area contributed by atoms with Crippen LogP contribution in [0.5, 0.6) is 0 Å². The molecule has 0 saturated heterocycles. The van der Waals surface area contributed by atoms with Gasteiger partial charge in [0.15, 0.2) is 0 Å². The van der Waals surface area contributed by atoms with Gasteiger partial charge in [0.05, 0.1) is 10.4 Å². The maximum absolute atomic E-state index is 12.5. The standard InChI is InChI=1S/C19H13ClO3S/c20-14-6-3-5-13(11-14)12-23-19(22)16-8-2-1-7-15(16)18(21)17-9-4-10-24-17/h1-11H,12H2. The summed E-state index contributed by atoms with van der Waals surface area (Å²) in [5.41, 5.74) is 1.40. The summed E-state index contributed by atoms with van der Waals surface area (Å²) >= 11 is 7.26. The third-order valence-electron chi connectivity index (χ3n) is 3.40. The number of thiophene rings is 1. The van der Waals surface area contributed by atoms with Gasteiger partial charge in [-0.25, -0.2) is 4.79 Å². The Hall–Kier alpha value is -2.43. The lowest BCUT2D eigenvalue weighted by molar-refractivity contribution is 0.0470. The predicted molar refractivity (Wildman–Crippen MR) is 94.8 cm³/mol. The van der Waals surface area contributed by atoms with Crippen molar-refractivity contribution in [2.24, 2.45) is 0 Å². The minimum absolute atomic E-state index is 0.0981. The van der Waals surface area contributed by atoms with E-state index in [0.717, 1.165) is 5.56 Å². The molecule has 3 nitrogen and oxygen atoms in total. The molecule has 0 atom stereocenters. The molecule has 0 aliphatic rings. The summed E-state index contributed by atoms with van der Waals surface area (Å²) in [6.45, 7) is 0.0981. The van der Waals surface area contributed by atoms with E-state index >= 15 is 0 Å². The van der Waals surface area contributed by atoms with E-state index in [4.69, 9.17) is 16.3 Å². The fourth-order valence-electron chi connectivity index (χ4n) is 2.25. The number of hydrogen-bond donors (Lipinski definition) is 0. The molecule has 0 aliphatic heterocycles. The number of rotatable bonds is 5. The van der Waals surface area contributed by atoms with E-state index in [1.54, 1.807) is 54.6 Å². The van der Waals surface area contributed by atoms with Crippen molar-refractivity contribution in [2.45, 2.75) is 6.61 Å². The van der Waals surface area contributed by atoms with Crippen molar-refractivity contribution in [3.8, 4) is 0 Å². The van der Waals surface area contributed by atoms with Crippen molar-refractivity contribution in [1.29, 1.82) is 0 Å². The number of hydrogen-bond acceptors (Lipinski definition) is 4. The number of benzene rings is 2. The van der Waals surface area contributed by atoms with E-state index in [9.17, 15) is 9.59 Å². The van der Waals surface area contributed by atoms with Crippen molar-refractivity contribution in [3.05, 3.63) is 92.6 Å². The lowest BCUT2D eigenvalue weighted by Gasteiger charge is -2.09. The number of halogens is 1. The van der Waals surface area contributed by atoms with Crippen LogP contribution >= 0.6 is 22.9 Å². The minimum Gasteiger partial charge on any atom is -0.457 e. The van der Waals surface area contributed by atoms with Gasteiger partial charge in [-0.3, -0.25) is 4.79 Å².